The molecule has 0 amide bonds. The maximum absolute atomic E-state index is 5.64. The second kappa shape index (κ2) is 5.43. The van der Waals surface area contributed by atoms with Crippen LogP contribution in [-0.4, -0.2) is 37.6 Å². The quantitative estimate of drug-likeness (QED) is 0.945. The van der Waals surface area contributed by atoms with Crippen LogP contribution in [0.4, 0.5) is 0 Å². The second-order valence-electron chi connectivity index (χ2n) is 4.72. The summed E-state index contributed by atoms with van der Waals surface area (Å²) in [6.07, 6.45) is 2.83. The molecule has 0 saturated carbocycles. The fourth-order valence-electron chi connectivity index (χ4n) is 2.50. The van der Waals surface area contributed by atoms with Crippen molar-refractivity contribution in [2.75, 3.05) is 32.7 Å². The Morgan fingerprint density at radius 2 is 2.11 bits per heavy atom. The van der Waals surface area contributed by atoms with Crippen LogP contribution in [0.5, 0.6) is 0 Å². The summed E-state index contributed by atoms with van der Waals surface area (Å²) in [5.74, 6) is 0. The van der Waals surface area contributed by atoms with Crippen LogP contribution in [0.2, 0.25) is 0 Å². The Morgan fingerprint density at radius 3 is 2.94 bits per heavy atom. The SMILES string of the molecule is Brc1coc2c(CCN3CCNCC3)cccc12. The van der Waals surface area contributed by atoms with E-state index in [0.29, 0.717) is 0 Å². The van der Waals surface area contributed by atoms with Gasteiger partial charge < -0.3 is 14.6 Å². The molecule has 0 atom stereocenters. The van der Waals surface area contributed by atoms with E-state index in [0.717, 1.165) is 49.2 Å². The average molecular weight is 309 g/mol. The highest BCUT2D eigenvalue weighted by molar-refractivity contribution is 9.10. The van der Waals surface area contributed by atoms with E-state index in [2.05, 4.69) is 44.3 Å². The van der Waals surface area contributed by atoms with Crippen molar-refractivity contribution in [1.29, 1.82) is 0 Å². The number of furan rings is 1. The van der Waals surface area contributed by atoms with Crippen molar-refractivity contribution in [2.45, 2.75) is 6.42 Å². The van der Waals surface area contributed by atoms with Crippen molar-refractivity contribution in [3.8, 4) is 0 Å². The Hall–Kier alpha value is -0.840. The molecule has 0 spiro atoms. The number of hydrogen-bond acceptors (Lipinski definition) is 3. The predicted molar refractivity (Wildman–Crippen MR) is 76.9 cm³/mol. The molecule has 96 valence electrons. The lowest BCUT2D eigenvalue weighted by atomic mass is 10.1. The number of nitrogens with zero attached hydrogens (tertiary/aromatic N) is 1. The van der Waals surface area contributed by atoms with Crippen LogP contribution in [0.1, 0.15) is 5.56 Å². The third-order valence-electron chi connectivity index (χ3n) is 3.54. The van der Waals surface area contributed by atoms with Gasteiger partial charge in [0.1, 0.15) is 11.8 Å². The Balaban J connectivity index is 1.74. The van der Waals surface area contributed by atoms with Gasteiger partial charge >= 0.3 is 0 Å². The predicted octanol–water partition coefficient (Wildman–Crippen LogP) is 2.64. The minimum atomic E-state index is 1.03. The number of fused-ring (bicyclic) bond motifs is 1. The zero-order chi connectivity index (χ0) is 12.4. The molecule has 1 aliphatic heterocycles. The van der Waals surface area contributed by atoms with Crippen LogP contribution in [0.15, 0.2) is 33.4 Å². The van der Waals surface area contributed by atoms with Gasteiger partial charge in [0.25, 0.3) is 0 Å². The number of rotatable bonds is 3. The summed E-state index contributed by atoms with van der Waals surface area (Å²) in [6, 6.07) is 6.37. The molecule has 1 aromatic heterocycles. The summed E-state index contributed by atoms with van der Waals surface area (Å²) in [5, 5.41) is 4.55. The number of piperazine rings is 1. The van der Waals surface area contributed by atoms with Crippen LogP contribution in [0, 0.1) is 0 Å². The molecule has 0 bridgehead atoms. The van der Waals surface area contributed by atoms with Crippen LogP contribution >= 0.6 is 15.9 Å². The molecular weight excluding hydrogens is 292 g/mol. The molecule has 1 saturated heterocycles. The highest BCUT2D eigenvalue weighted by Crippen LogP contribution is 2.28. The van der Waals surface area contributed by atoms with Crippen molar-refractivity contribution >= 4 is 26.9 Å². The smallest absolute Gasteiger partial charge is 0.138 e. The van der Waals surface area contributed by atoms with Gasteiger partial charge in [-0.15, -0.1) is 0 Å². The first kappa shape index (κ1) is 12.2. The van der Waals surface area contributed by atoms with Crippen molar-refractivity contribution in [2.24, 2.45) is 0 Å². The third-order valence-corrected chi connectivity index (χ3v) is 4.16. The van der Waals surface area contributed by atoms with Gasteiger partial charge in [-0.1, -0.05) is 12.1 Å². The van der Waals surface area contributed by atoms with Gasteiger partial charge in [0.2, 0.25) is 0 Å². The van der Waals surface area contributed by atoms with E-state index in [1.165, 1.54) is 10.9 Å². The van der Waals surface area contributed by atoms with Crippen LogP contribution in [-0.2, 0) is 6.42 Å². The minimum Gasteiger partial charge on any atom is -0.463 e. The molecule has 1 aromatic carbocycles. The molecule has 0 unspecified atom stereocenters. The fraction of sp³-hybridized carbons (Fsp3) is 0.429. The second-order valence-corrected chi connectivity index (χ2v) is 5.57. The van der Waals surface area contributed by atoms with Crippen LogP contribution in [0.25, 0.3) is 11.0 Å². The van der Waals surface area contributed by atoms with Crippen molar-refractivity contribution in [3.05, 3.63) is 34.5 Å². The molecule has 3 nitrogen and oxygen atoms in total. The lowest BCUT2D eigenvalue weighted by Gasteiger charge is -2.27. The molecule has 18 heavy (non-hydrogen) atoms. The van der Waals surface area contributed by atoms with Crippen molar-refractivity contribution in [1.82, 2.24) is 10.2 Å². The normalized spacial score (nSPS) is 17.4. The van der Waals surface area contributed by atoms with Crippen LogP contribution < -0.4 is 5.32 Å². The Morgan fingerprint density at radius 1 is 1.28 bits per heavy atom. The monoisotopic (exact) mass is 308 g/mol. The fourth-order valence-corrected chi connectivity index (χ4v) is 2.90. The summed E-state index contributed by atoms with van der Waals surface area (Å²) in [6.45, 7) is 5.63. The number of benzene rings is 1. The van der Waals surface area contributed by atoms with E-state index in [1.54, 1.807) is 6.26 Å². The zero-order valence-corrected chi connectivity index (χ0v) is 11.9. The number of hydrogen-bond donors (Lipinski definition) is 1. The molecular formula is C14H17BrN2O. The number of nitrogens with one attached hydrogen (secondary N) is 1. The van der Waals surface area contributed by atoms with Gasteiger partial charge in [-0.25, -0.2) is 0 Å². The maximum atomic E-state index is 5.64. The highest BCUT2D eigenvalue weighted by atomic mass is 79.9. The first-order valence-electron chi connectivity index (χ1n) is 6.42. The van der Waals surface area contributed by atoms with Gasteiger partial charge in [-0.05, 0) is 34.0 Å². The molecule has 3 rings (SSSR count). The molecule has 4 heteroatoms. The Labute approximate surface area is 115 Å². The highest BCUT2D eigenvalue weighted by Gasteiger charge is 2.12. The summed E-state index contributed by atoms with van der Waals surface area (Å²) in [7, 11) is 0. The van der Waals surface area contributed by atoms with Crippen molar-refractivity contribution < 1.29 is 4.42 Å². The van der Waals surface area contributed by atoms with Crippen molar-refractivity contribution in [3.63, 3.8) is 0 Å². The Kier molecular flexibility index (Phi) is 3.68. The molecule has 2 heterocycles. The Bertz CT molecular complexity index is 532. The number of halogens is 1. The third kappa shape index (κ3) is 2.46. The summed E-state index contributed by atoms with van der Waals surface area (Å²) in [5.41, 5.74) is 2.33. The first-order chi connectivity index (χ1) is 8.84. The minimum absolute atomic E-state index is 1.03. The first-order valence-corrected chi connectivity index (χ1v) is 7.21. The van der Waals surface area contributed by atoms with Gasteiger partial charge in [-0.2, -0.15) is 0 Å². The molecule has 0 aliphatic carbocycles. The van der Waals surface area contributed by atoms with Gasteiger partial charge in [0.15, 0.2) is 0 Å². The largest absolute Gasteiger partial charge is 0.463 e. The molecule has 0 radical (unpaired) electrons. The summed E-state index contributed by atoms with van der Waals surface area (Å²) >= 11 is 3.52. The standard InChI is InChI=1S/C14H17BrN2O/c15-13-10-18-14-11(2-1-3-12(13)14)4-7-17-8-5-16-6-9-17/h1-3,10,16H,4-9H2. The lowest BCUT2D eigenvalue weighted by molar-refractivity contribution is 0.244. The van der Waals surface area contributed by atoms with Gasteiger partial charge in [0.05, 0.1) is 4.47 Å². The van der Waals surface area contributed by atoms with E-state index in [-0.39, 0.29) is 0 Å². The van der Waals surface area contributed by atoms with Gasteiger partial charge in [0, 0.05) is 38.1 Å². The molecule has 1 aliphatic rings. The molecule has 1 N–H and O–H groups in total. The summed E-state index contributed by atoms with van der Waals surface area (Å²) < 4.78 is 6.69. The van der Waals surface area contributed by atoms with Gasteiger partial charge in [-0.3, -0.25) is 0 Å². The van der Waals surface area contributed by atoms with Crippen LogP contribution in [0.3, 0.4) is 0 Å². The maximum Gasteiger partial charge on any atom is 0.138 e. The van der Waals surface area contributed by atoms with E-state index < -0.39 is 0 Å². The average Bonchev–Trinajstić information content (AvgIpc) is 2.80. The molecule has 2 aromatic rings. The zero-order valence-electron chi connectivity index (χ0n) is 10.3. The summed E-state index contributed by atoms with van der Waals surface area (Å²) in [4.78, 5) is 2.51. The van der Waals surface area contributed by atoms with E-state index in [9.17, 15) is 0 Å². The van der Waals surface area contributed by atoms with E-state index in [4.69, 9.17) is 4.42 Å². The van der Waals surface area contributed by atoms with E-state index >= 15 is 0 Å². The topological polar surface area (TPSA) is 28.4 Å². The lowest BCUT2D eigenvalue weighted by Crippen LogP contribution is -2.44. The van der Waals surface area contributed by atoms with E-state index in [1.807, 2.05) is 0 Å². The number of para-hydroxylation sites is 1. The molecule has 1 fully saturated rings.